The summed E-state index contributed by atoms with van der Waals surface area (Å²) in [4.78, 5) is 11.1. The van der Waals surface area contributed by atoms with Gasteiger partial charge in [-0.15, -0.1) is 0 Å². The topological polar surface area (TPSA) is 49.3 Å². The van der Waals surface area contributed by atoms with Crippen LogP contribution in [-0.2, 0) is 11.3 Å². The normalized spacial score (nSPS) is 12.7. The predicted octanol–water partition coefficient (Wildman–Crippen LogP) is 3.58. The molecule has 1 aromatic rings. The summed E-state index contributed by atoms with van der Waals surface area (Å²) in [6.45, 7) is 4.42. The number of hydrogen-bond donors (Lipinski definition) is 2. The molecule has 3 nitrogen and oxygen atoms in total. The van der Waals surface area contributed by atoms with Gasteiger partial charge in [-0.05, 0) is 36.1 Å². The molecule has 0 amide bonds. The molecule has 1 atom stereocenters. The summed E-state index contributed by atoms with van der Waals surface area (Å²) in [6.07, 6.45) is 0.587. The molecule has 18 heavy (non-hydrogen) atoms. The van der Waals surface area contributed by atoms with Crippen LogP contribution >= 0.6 is 23.2 Å². The molecule has 0 aliphatic carbocycles. The van der Waals surface area contributed by atoms with Crippen LogP contribution in [0.25, 0.3) is 0 Å². The van der Waals surface area contributed by atoms with Gasteiger partial charge in [-0.2, -0.15) is 0 Å². The average Bonchev–Trinajstić information content (AvgIpc) is 2.21. The van der Waals surface area contributed by atoms with E-state index in [-0.39, 0.29) is 0 Å². The van der Waals surface area contributed by atoms with Gasteiger partial charge >= 0.3 is 5.97 Å². The third-order valence-electron chi connectivity index (χ3n) is 2.48. The molecule has 0 aromatic heterocycles. The van der Waals surface area contributed by atoms with Gasteiger partial charge in [0.2, 0.25) is 0 Å². The molecule has 1 rings (SSSR count). The second-order valence-electron chi connectivity index (χ2n) is 4.68. The van der Waals surface area contributed by atoms with Crippen LogP contribution in [-0.4, -0.2) is 17.1 Å². The Labute approximate surface area is 117 Å². The number of carboxylic acid groups (broad SMARTS) is 1. The van der Waals surface area contributed by atoms with Gasteiger partial charge in [0, 0.05) is 16.6 Å². The largest absolute Gasteiger partial charge is 0.480 e. The number of halogens is 2. The molecule has 0 saturated carbocycles. The van der Waals surface area contributed by atoms with Crippen molar-refractivity contribution in [3.8, 4) is 0 Å². The van der Waals surface area contributed by atoms with Gasteiger partial charge in [-0.3, -0.25) is 4.79 Å². The quantitative estimate of drug-likeness (QED) is 0.842. The summed E-state index contributed by atoms with van der Waals surface area (Å²) >= 11 is 11.8. The van der Waals surface area contributed by atoms with E-state index in [0.717, 1.165) is 5.56 Å². The summed E-state index contributed by atoms with van der Waals surface area (Å²) < 4.78 is 0. The van der Waals surface area contributed by atoms with Gasteiger partial charge in [-0.25, -0.2) is 0 Å². The lowest BCUT2D eigenvalue weighted by atomic mass is 10.0. The zero-order valence-corrected chi connectivity index (χ0v) is 11.9. The monoisotopic (exact) mass is 289 g/mol. The first-order valence-corrected chi connectivity index (χ1v) is 6.55. The van der Waals surface area contributed by atoms with Crippen LogP contribution in [0.15, 0.2) is 18.2 Å². The van der Waals surface area contributed by atoms with Crippen LogP contribution < -0.4 is 5.32 Å². The van der Waals surface area contributed by atoms with Crippen LogP contribution in [0, 0.1) is 5.92 Å². The minimum atomic E-state index is -0.836. The third-order valence-corrected chi connectivity index (χ3v) is 2.92. The number of rotatable bonds is 6. The molecular formula is C13H17Cl2NO2. The molecule has 0 unspecified atom stereocenters. The zero-order valence-electron chi connectivity index (χ0n) is 10.4. The highest BCUT2D eigenvalue weighted by atomic mass is 35.5. The first-order chi connectivity index (χ1) is 8.38. The van der Waals surface area contributed by atoms with Crippen molar-refractivity contribution in [3.05, 3.63) is 33.8 Å². The average molecular weight is 290 g/mol. The van der Waals surface area contributed by atoms with E-state index in [4.69, 9.17) is 28.3 Å². The van der Waals surface area contributed by atoms with E-state index in [9.17, 15) is 4.79 Å². The van der Waals surface area contributed by atoms with E-state index in [0.29, 0.717) is 28.9 Å². The van der Waals surface area contributed by atoms with Gasteiger partial charge < -0.3 is 10.4 Å². The second-order valence-corrected chi connectivity index (χ2v) is 5.55. The Morgan fingerprint density at radius 2 is 1.83 bits per heavy atom. The Morgan fingerprint density at radius 3 is 2.28 bits per heavy atom. The maximum absolute atomic E-state index is 11.1. The first-order valence-electron chi connectivity index (χ1n) is 5.79. The standard InChI is InChI=1S/C13H17Cl2NO2/c1-8(2)3-12(13(17)18)16-7-9-4-10(14)6-11(15)5-9/h4-6,8,12,16H,3,7H2,1-2H3,(H,17,18)/t12-/m0/s1. The molecule has 0 saturated heterocycles. The lowest BCUT2D eigenvalue weighted by Crippen LogP contribution is -2.37. The molecule has 0 radical (unpaired) electrons. The van der Waals surface area contributed by atoms with Crippen molar-refractivity contribution >= 4 is 29.2 Å². The highest BCUT2D eigenvalue weighted by Gasteiger charge is 2.17. The van der Waals surface area contributed by atoms with Crippen LogP contribution in [0.5, 0.6) is 0 Å². The molecule has 100 valence electrons. The maximum Gasteiger partial charge on any atom is 0.320 e. The SMILES string of the molecule is CC(C)C[C@H](NCc1cc(Cl)cc(Cl)c1)C(=O)O. The van der Waals surface area contributed by atoms with Crippen molar-refractivity contribution < 1.29 is 9.90 Å². The lowest BCUT2D eigenvalue weighted by Gasteiger charge is -2.16. The molecule has 0 fully saturated rings. The maximum atomic E-state index is 11.1. The van der Waals surface area contributed by atoms with Crippen LogP contribution in [0.1, 0.15) is 25.8 Å². The van der Waals surface area contributed by atoms with E-state index < -0.39 is 12.0 Å². The first kappa shape index (κ1) is 15.3. The van der Waals surface area contributed by atoms with Crippen molar-refractivity contribution in [2.24, 2.45) is 5.92 Å². The number of hydrogen-bond acceptors (Lipinski definition) is 2. The van der Waals surface area contributed by atoms with Crippen LogP contribution in [0.4, 0.5) is 0 Å². The van der Waals surface area contributed by atoms with E-state index in [2.05, 4.69) is 5.32 Å². The molecule has 0 bridgehead atoms. The summed E-state index contributed by atoms with van der Waals surface area (Å²) in [5.74, 6) is -0.515. The van der Waals surface area contributed by atoms with Gasteiger partial charge in [0.15, 0.2) is 0 Å². The fourth-order valence-electron chi connectivity index (χ4n) is 1.70. The lowest BCUT2D eigenvalue weighted by molar-refractivity contribution is -0.140. The Hall–Kier alpha value is -0.770. The molecule has 0 aliphatic heterocycles. The number of nitrogens with one attached hydrogen (secondary N) is 1. The van der Waals surface area contributed by atoms with Crippen molar-refractivity contribution in [2.75, 3.05) is 0 Å². The van der Waals surface area contributed by atoms with E-state index in [1.54, 1.807) is 18.2 Å². The number of carbonyl (C=O) groups is 1. The number of aliphatic carboxylic acids is 1. The summed E-state index contributed by atoms with van der Waals surface area (Å²) in [5.41, 5.74) is 0.877. The summed E-state index contributed by atoms with van der Waals surface area (Å²) in [7, 11) is 0. The zero-order chi connectivity index (χ0) is 13.7. The Bertz CT molecular complexity index is 401. The minimum absolute atomic E-state index is 0.321. The predicted molar refractivity (Wildman–Crippen MR) is 74.2 cm³/mol. The molecule has 5 heteroatoms. The van der Waals surface area contributed by atoms with Gasteiger partial charge in [0.05, 0.1) is 0 Å². The highest BCUT2D eigenvalue weighted by Crippen LogP contribution is 2.19. The van der Waals surface area contributed by atoms with Crippen molar-refractivity contribution in [3.63, 3.8) is 0 Å². The fourth-order valence-corrected chi connectivity index (χ4v) is 2.27. The molecule has 2 N–H and O–H groups in total. The van der Waals surface area contributed by atoms with E-state index in [1.807, 2.05) is 13.8 Å². The molecular weight excluding hydrogens is 273 g/mol. The minimum Gasteiger partial charge on any atom is -0.480 e. The van der Waals surface area contributed by atoms with E-state index >= 15 is 0 Å². The van der Waals surface area contributed by atoms with Crippen LogP contribution in [0.2, 0.25) is 10.0 Å². The van der Waals surface area contributed by atoms with Crippen molar-refractivity contribution in [1.29, 1.82) is 0 Å². The Balaban J connectivity index is 2.63. The second kappa shape index (κ2) is 6.98. The molecule has 0 heterocycles. The van der Waals surface area contributed by atoms with Crippen molar-refractivity contribution in [1.82, 2.24) is 5.32 Å². The third kappa shape index (κ3) is 5.25. The molecule has 0 aliphatic rings. The summed E-state index contributed by atoms with van der Waals surface area (Å²) in [5, 5.41) is 13.2. The fraction of sp³-hybridized carbons (Fsp3) is 0.462. The van der Waals surface area contributed by atoms with Gasteiger partial charge in [0.1, 0.15) is 6.04 Å². The number of carboxylic acids is 1. The molecule has 1 aromatic carbocycles. The van der Waals surface area contributed by atoms with Crippen molar-refractivity contribution in [2.45, 2.75) is 32.9 Å². The van der Waals surface area contributed by atoms with Gasteiger partial charge in [-0.1, -0.05) is 37.0 Å². The molecule has 0 spiro atoms. The summed E-state index contributed by atoms with van der Waals surface area (Å²) in [6, 6.07) is 4.64. The van der Waals surface area contributed by atoms with Crippen LogP contribution in [0.3, 0.4) is 0 Å². The smallest absolute Gasteiger partial charge is 0.320 e. The van der Waals surface area contributed by atoms with E-state index in [1.165, 1.54) is 0 Å². The highest BCUT2D eigenvalue weighted by molar-refractivity contribution is 6.34. The Kier molecular flexibility index (Phi) is 5.93. The van der Waals surface area contributed by atoms with Gasteiger partial charge in [0.25, 0.3) is 0 Å². The number of benzene rings is 1. The Morgan fingerprint density at radius 1 is 1.28 bits per heavy atom.